The van der Waals surface area contributed by atoms with Gasteiger partial charge in [0, 0.05) is 17.7 Å². The van der Waals surface area contributed by atoms with Crippen molar-refractivity contribution >= 4 is 33.1 Å². The summed E-state index contributed by atoms with van der Waals surface area (Å²) in [6.07, 6.45) is 4.88. The van der Waals surface area contributed by atoms with Gasteiger partial charge in [-0.05, 0) is 61.1 Å². The zero-order valence-corrected chi connectivity index (χ0v) is 20.0. The second-order valence-electron chi connectivity index (χ2n) is 7.65. The summed E-state index contributed by atoms with van der Waals surface area (Å²) < 4.78 is 30.3. The summed E-state index contributed by atoms with van der Waals surface area (Å²) in [6, 6.07) is 8.39. The van der Waals surface area contributed by atoms with Gasteiger partial charge < -0.3 is 9.30 Å². The van der Waals surface area contributed by atoms with Crippen LogP contribution in [0.15, 0.2) is 40.4 Å². The summed E-state index contributed by atoms with van der Waals surface area (Å²) in [5.41, 5.74) is 1.48. The Morgan fingerprint density at radius 2 is 2.06 bits per heavy atom. The summed E-state index contributed by atoms with van der Waals surface area (Å²) in [4.78, 5) is 2.76. The van der Waals surface area contributed by atoms with Gasteiger partial charge in [-0.1, -0.05) is 25.1 Å². The maximum absolute atomic E-state index is 11.3. The third kappa shape index (κ3) is 5.14. The van der Waals surface area contributed by atoms with Gasteiger partial charge in [-0.2, -0.15) is 0 Å². The molecule has 1 aliphatic carbocycles. The molecule has 0 fully saturated rings. The Morgan fingerprint density at radius 3 is 2.77 bits per heavy atom. The summed E-state index contributed by atoms with van der Waals surface area (Å²) in [6.45, 7) is 2.74. The fourth-order valence-electron chi connectivity index (χ4n) is 3.73. The number of ether oxygens (including phenoxy) is 1. The van der Waals surface area contributed by atoms with Gasteiger partial charge in [-0.25, -0.2) is 13.6 Å². The number of primary sulfonamides is 1. The first-order chi connectivity index (χ1) is 14.8. The molecule has 31 heavy (non-hydrogen) atoms. The average molecular weight is 479 g/mol. The minimum Gasteiger partial charge on any atom is -0.493 e. The Morgan fingerprint density at radius 1 is 1.29 bits per heavy atom. The van der Waals surface area contributed by atoms with E-state index in [1.54, 1.807) is 23.9 Å². The Hall–Kier alpha value is -1.88. The van der Waals surface area contributed by atoms with Crippen LogP contribution < -0.4 is 9.88 Å². The average Bonchev–Trinajstić information content (AvgIpc) is 3.33. The lowest BCUT2D eigenvalue weighted by molar-refractivity contribution is 0.343. The molecule has 2 aromatic heterocycles. The smallest absolute Gasteiger partial charge is 0.238 e. The Kier molecular flexibility index (Phi) is 6.71. The highest BCUT2D eigenvalue weighted by atomic mass is 32.2. The SMILES string of the molecule is CCC1CCc2sc(-c3nnc(SCCOc4ccc(S(N)(=O)=O)cc4)n3C)cc2C1. The van der Waals surface area contributed by atoms with Gasteiger partial charge >= 0.3 is 0 Å². The fraction of sp³-hybridized carbons (Fsp3) is 0.429. The molecule has 166 valence electrons. The topological polar surface area (TPSA) is 100 Å². The normalized spacial score (nSPS) is 16.3. The third-order valence-corrected chi connectivity index (χ3v) is 8.70. The number of rotatable bonds is 8. The Bertz CT molecular complexity index is 1150. The molecule has 3 aromatic rings. The van der Waals surface area contributed by atoms with Crippen molar-refractivity contribution in [1.82, 2.24) is 14.8 Å². The quantitative estimate of drug-likeness (QED) is 0.390. The monoisotopic (exact) mass is 478 g/mol. The first kappa shape index (κ1) is 22.3. The fourth-order valence-corrected chi connectivity index (χ4v) is 6.20. The van der Waals surface area contributed by atoms with Gasteiger partial charge in [0.2, 0.25) is 10.0 Å². The zero-order chi connectivity index (χ0) is 22.0. The molecule has 1 aliphatic rings. The molecule has 7 nitrogen and oxygen atoms in total. The zero-order valence-electron chi connectivity index (χ0n) is 17.6. The molecular formula is C21H26N4O3S3. The first-order valence-corrected chi connectivity index (χ1v) is 13.6. The molecule has 1 unspecified atom stereocenters. The maximum atomic E-state index is 11.3. The van der Waals surface area contributed by atoms with E-state index in [9.17, 15) is 8.42 Å². The van der Waals surface area contributed by atoms with Gasteiger partial charge in [-0.15, -0.1) is 21.5 Å². The van der Waals surface area contributed by atoms with E-state index < -0.39 is 10.0 Å². The van der Waals surface area contributed by atoms with E-state index in [0.717, 1.165) is 16.9 Å². The van der Waals surface area contributed by atoms with Crippen molar-refractivity contribution in [2.24, 2.45) is 18.1 Å². The molecule has 2 heterocycles. The van der Waals surface area contributed by atoms with Crippen molar-refractivity contribution < 1.29 is 13.2 Å². The van der Waals surface area contributed by atoms with Crippen molar-refractivity contribution in [3.63, 3.8) is 0 Å². The standard InChI is InChI=1S/C21H26N4O3S3/c1-3-14-4-9-18-15(12-14)13-19(30-18)20-23-24-21(25(20)2)29-11-10-28-16-5-7-17(8-6-16)31(22,26)27/h5-8,13-14H,3-4,9-12H2,1-2H3,(H2,22,26,27). The second-order valence-corrected chi connectivity index (χ2v) is 11.4. The van der Waals surface area contributed by atoms with E-state index in [-0.39, 0.29) is 4.90 Å². The molecule has 0 spiro atoms. The van der Waals surface area contributed by atoms with Crippen molar-refractivity contribution in [2.75, 3.05) is 12.4 Å². The molecular weight excluding hydrogens is 452 g/mol. The van der Waals surface area contributed by atoms with Gasteiger partial charge in [-0.3, -0.25) is 0 Å². The highest BCUT2D eigenvalue weighted by Crippen LogP contribution is 2.38. The van der Waals surface area contributed by atoms with Crippen LogP contribution in [0.25, 0.3) is 10.7 Å². The molecule has 0 amide bonds. The van der Waals surface area contributed by atoms with Crippen LogP contribution in [0.4, 0.5) is 0 Å². The van der Waals surface area contributed by atoms with Gasteiger partial charge in [0.15, 0.2) is 11.0 Å². The predicted octanol–water partition coefficient (Wildman–Crippen LogP) is 3.88. The summed E-state index contributed by atoms with van der Waals surface area (Å²) in [5, 5.41) is 14.7. The number of nitrogens with two attached hydrogens (primary N) is 1. The number of nitrogens with zero attached hydrogens (tertiary/aromatic N) is 3. The Labute approximate surface area is 191 Å². The highest BCUT2D eigenvalue weighted by molar-refractivity contribution is 7.99. The lowest BCUT2D eigenvalue weighted by Crippen LogP contribution is -2.11. The van der Waals surface area contributed by atoms with E-state index >= 15 is 0 Å². The largest absolute Gasteiger partial charge is 0.493 e. The van der Waals surface area contributed by atoms with E-state index in [2.05, 4.69) is 23.2 Å². The van der Waals surface area contributed by atoms with Crippen molar-refractivity contribution in [2.45, 2.75) is 42.7 Å². The molecule has 0 saturated carbocycles. The number of hydrogen-bond acceptors (Lipinski definition) is 7. The molecule has 0 saturated heterocycles. The summed E-state index contributed by atoms with van der Waals surface area (Å²) >= 11 is 3.43. The minimum atomic E-state index is -3.69. The van der Waals surface area contributed by atoms with Crippen LogP contribution in [-0.4, -0.2) is 35.5 Å². The molecule has 1 aromatic carbocycles. The van der Waals surface area contributed by atoms with E-state index in [4.69, 9.17) is 9.88 Å². The van der Waals surface area contributed by atoms with E-state index in [1.807, 2.05) is 23.0 Å². The van der Waals surface area contributed by atoms with Gasteiger partial charge in [0.1, 0.15) is 5.75 Å². The predicted molar refractivity (Wildman–Crippen MR) is 124 cm³/mol. The van der Waals surface area contributed by atoms with Crippen molar-refractivity contribution in [3.8, 4) is 16.5 Å². The second kappa shape index (κ2) is 9.32. The number of aryl methyl sites for hydroxylation is 1. The summed E-state index contributed by atoms with van der Waals surface area (Å²) in [7, 11) is -1.69. The van der Waals surface area contributed by atoms with Crippen molar-refractivity contribution in [3.05, 3.63) is 40.8 Å². The van der Waals surface area contributed by atoms with E-state index in [1.165, 1.54) is 53.1 Å². The van der Waals surface area contributed by atoms with E-state index in [0.29, 0.717) is 18.1 Å². The lowest BCUT2D eigenvalue weighted by Gasteiger charge is -2.19. The number of thiophene rings is 1. The summed E-state index contributed by atoms with van der Waals surface area (Å²) in [5.74, 6) is 3.01. The number of fused-ring (bicyclic) bond motifs is 1. The highest BCUT2D eigenvalue weighted by Gasteiger charge is 2.22. The minimum absolute atomic E-state index is 0.0707. The number of benzene rings is 1. The number of aromatic nitrogens is 3. The first-order valence-electron chi connectivity index (χ1n) is 10.2. The van der Waals surface area contributed by atoms with Crippen LogP contribution in [0.5, 0.6) is 5.75 Å². The van der Waals surface area contributed by atoms with Crippen molar-refractivity contribution in [1.29, 1.82) is 0 Å². The van der Waals surface area contributed by atoms with Crippen LogP contribution in [0.2, 0.25) is 0 Å². The van der Waals surface area contributed by atoms with Crippen LogP contribution >= 0.6 is 23.1 Å². The van der Waals surface area contributed by atoms with Crippen LogP contribution in [0, 0.1) is 5.92 Å². The van der Waals surface area contributed by atoms with Gasteiger partial charge in [0.25, 0.3) is 0 Å². The van der Waals surface area contributed by atoms with Crippen LogP contribution in [0.3, 0.4) is 0 Å². The number of thioether (sulfide) groups is 1. The molecule has 4 rings (SSSR count). The molecule has 1 atom stereocenters. The van der Waals surface area contributed by atoms with Crippen LogP contribution in [-0.2, 0) is 29.9 Å². The maximum Gasteiger partial charge on any atom is 0.238 e. The molecule has 0 radical (unpaired) electrons. The molecule has 0 bridgehead atoms. The Balaban J connectivity index is 1.34. The molecule has 2 N–H and O–H groups in total. The van der Waals surface area contributed by atoms with Crippen LogP contribution in [0.1, 0.15) is 30.2 Å². The molecule has 10 heteroatoms. The lowest BCUT2D eigenvalue weighted by atomic mass is 9.87. The third-order valence-electron chi connectivity index (χ3n) is 5.55. The number of hydrogen-bond donors (Lipinski definition) is 1. The van der Waals surface area contributed by atoms with Gasteiger partial charge in [0.05, 0.1) is 16.4 Å². The number of sulfonamides is 1. The molecule has 0 aliphatic heterocycles.